The molecule has 2 nitrogen and oxygen atoms in total. The molecule has 0 aromatic rings. The minimum atomic E-state index is -0.610. The molecule has 0 radical (unpaired) electrons. The molecule has 1 N–H and O–H groups in total. The fourth-order valence-corrected chi connectivity index (χ4v) is 4.27. The van der Waals surface area contributed by atoms with Crippen LogP contribution < -0.4 is 5.32 Å². The van der Waals surface area contributed by atoms with Gasteiger partial charge in [-0.3, -0.25) is 4.21 Å². The van der Waals surface area contributed by atoms with Gasteiger partial charge in [0.2, 0.25) is 0 Å². The highest BCUT2D eigenvalue weighted by atomic mass is 32.2. The zero-order chi connectivity index (χ0) is 11.3. The molecule has 90 valence electrons. The van der Waals surface area contributed by atoms with Crippen LogP contribution in [0.25, 0.3) is 0 Å². The molecule has 3 unspecified atom stereocenters. The molecule has 0 aromatic heterocycles. The summed E-state index contributed by atoms with van der Waals surface area (Å²) in [6.45, 7) is 7.54. The lowest BCUT2D eigenvalue weighted by Gasteiger charge is -2.20. The van der Waals surface area contributed by atoms with E-state index in [2.05, 4.69) is 26.1 Å². The van der Waals surface area contributed by atoms with Gasteiger partial charge in [-0.05, 0) is 31.7 Å². The van der Waals surface area contributed by atoms with Crippen LogP contribution in [0.15, 0.2) is 0 Å². The summed E-state index contributed by atoms with van der Waals surface area (Å²) in [5.41, 5.74) is 0. The van der Waals surface area contributed by atoms with Crippen molar-refractivity contribution in [2.45, 2.75) is 57.7 Å². The SMILES string of the molecule is CCNC1CCCC1S(=O)CCC(C)C. The molecule has 1 fully saturated rings. The Kier molecular flexibility index (Phi) is 5.83. The van der Waals surface area contributed by atoms with Gasteiger partial charge in [-0.2, -0.15) is 0 Å². The lowest BCUT2D eigenvalue weighted by Crippen LogP contribution is -2.38. The van der Waals surface area contributed by atoms with Crippen LogP contribution in [0.1, 0.15) is 46.5 Å². The first-order valence-electron chi connectivity index (χ1n) is 6.25. The number of nitrogens with one attached hydrogen (secondary N) is 1. The van der Waals surface area contributed by atoms with Gasteiger partial charge in [-0.15, -0.1) is 0 Å². The van der Waals surface area contributed by atoms with E-state index in [0.717, 1.165) is 25.1 Å². The Labute approximate surface area is 96.7 Å². The van der Waals surface area contributed by atoms with Crippen molar-refractivity contribution in [1.29, 1.82) is 0 Å². The number of hydrogen-bond acceptors (Lipinski definition) is 2. The third-order valence-corrected chi connectivity index (χ3v) is 5.03. The van der Waals surface area contributed by atoms with E-state index in [-0.39, 0.29) is 0 Å². The van der Waals surface area contributed by atoms with E-state index in [1.165, 1.54) is 12.8 Å². The highest BCUT2D eigenvalue weighted by Crippen LogP contribution is 2.24. The molecule has 15 heavy (non-hydrogen) atoms. The molecule has 0 aromatic carbocycles. The summed E-state index contributed by atoms with van der Waals surface area (Å²) >= 11 is 0. The predicted octanol–water partition coefficient (Wildman–Crippen LogP) is 2.31. The van der Waals surface area contributed by atoms with Gasteiger partial charge in [0.1, 0.15) is 0 Å². The normalized spacial score (nSPS) is 28.5. The van der Waals surface area contributed by atoms with Crippen LogP contribution in [0.2, 0.25) is 0 Å². The van der Waals surface area contributed by atoms with Crippen molar-refractivity contribution < 1.29 is 4.21 Å². The Morgan fingerprint density at radius 1 is 1.40 bits per heavy atom. The average molecular weight is 231 g/mol. The van der Waals surface area contributed by atoms with E-state index >= 15 is 0 Å². The van der Waals surface area contributed by atoms with Gasteiger partial charge in [0.15, 0.2) is 0 Å². The van der Waals surface area contributed by atoms with Gasteiger partial charge >= 0.3 is 0 Å². The molecular weight excluding hydrogens is 206 g/mol. The van der Waals surface area contributed by atoms with Crippen molar-refractivity contribution >= 4 is 10.8 Å². The molecule has 1 rings (SSSR count). The Balaban J connectivity index is 2.36. The van der Waals surface area contributed by atoms with Crippen molar-refractivity contribution in [3.8, 4) is 0 Å². The van der Waals surface area contributed by atoms with Gasteiger partial charge in [0.05, 0.1) is 5.25 Å². The van der Waals surface area contributed by atoms with Gasteiger partial charge in [-0.25, -0.2) is 0 Å². The standard InChI is InChI=1S/C12H25NOS/c1-4-13-11-6-5-7-12(11)15(14)9-8-10(2)3/h10-13H,4-9H2,1-3H3. The molecular formula is C12H25NOS. The second kappa shape index (κ2) is 6.64. The monoisotopic (exact) mass is 231 g/mol. The fourth-order valence-electron chi connectivity index (χ4n) is 2.24. The van der Waals surface area contributed by atoms with Gasteiger partial charge < -0.3 is 5.32 Å². The smallest absolute Gasteiger partial charge is 0.0501 e. The largest absolute Gasteiger partial charge is 0.313 e. The molecule has 0 bridgehead atoms. The van der Waals surface area contributed by atoms with Crippen molar-refractivity contribution in [3.05, 3.63) is 0 Å². The van der Waals surface area contributed by atoms with E-state index in [4.69, 9.17) is 0 Å². The first-order chi connectivity index (χ1) is 7.15. The minimum Gasteiger partial charge on any atom is -0.313 e. The maximum absolute atomic E-state index is 12.1. The number of hydrogen-bond donors (Lipinski definition) is 1. The summed E-state index contributed by atoms with van der Waals surface area (Å²) in [5, 5.41) is 3.89. The van der Waals surface area contributed by atoms with E-state index < -0.39 is 10.8 Å². The molecule has 3 heteroatoms. The van der Waals surface area contributed by atoms with Crippen LogP contribution in [0.3, 0.4) is 0 Å². The van der Waals surface area contributed by atoms with Crippen LogP contribution >= 0.6 is 0 Å². The van der Waals surface area contributed by atoms with Gasteiger partial charge in [-0.1, -0.05) is 27.2 Å². The molecule has 0 spiro atoms. The third-order valence-electron chi connectivity index (χ3n) is 3.15. The second-order valence-corrected chi connectivity index (χ2v) is 6.68. The lowest BCUT2D eigenvalue weighted by molar-refractivity contribution is 0.538. The zero-order valence-electron chi connectivity index (χ0n) is 10.3. The molecule has 1 aliphatic rings. The fraction of sp³-hybridized carbons (Fsp3) is 1.00. The van der Waals surface area contributed by atoms with Gasteiger partial charge in [0.25, 0.3) is 0 Å². The van der Waals surface area contributed by atoms with Crippen LogP contribution in [0.4, 0.5) is 0 Å². The molecule has 1 aliphatic carbocycles. The van der Waals surface area contributed by atoms with Crippen LogP contribution in [-0.2, 0) is 10.8 Å². The quantitative estimate of drug-likeness (QED) is 0.760. The Morgan fingerprint density at radius 2 is 2.13 bits per heavy atom. The van der Waals surface area contributed by atoms with E-state index in [0.29, 0.717) is 17.2 Å². The summed E-state index contributed by atoms with van der Waals surface area (Å²) in [6, 6.07) is 0.517. The number of rotatable bonds is 6. The van der Waals surface area contributed by atoms with E-state index in [9.17, 15) is 4.21 Å². The third kappa shape index (κ3) is 4.23. The van der Waals surface area contributed by atoms with E-state index in [1.54, 1.807) is 0 Å². The highest BCUT2D eigenvalue weighted by molar-refractivity contribution is 7.85. The van der Waals surface area contributed by atoms with Crippen LogP contribution in [0.5, 0.6) is 0 Å². The first kappa shape index (κ1) is 13.2. The van der Waals surface area contributed by atoms with Crippen molar-refractivity contribution in [2.75, 3.05) is 12.3 Å². The Bertz CT molecular complexity index is 206. The Morgan fingerprint density at radius 3 is 2.73 bits per heavy atom. The Hall–Kier alpha value is 0.110. The molecule has 0 amide bonds. The minimum absolute atomic E-state index is 0.420. The molecule has 0 saturated heterocycles. The van der Waals surface area contributed by atoms with E-state index in [1.807, 2.05) is 0 Å². The van der Waals surface area contributed by atoms with Crippen molar-refractivity contribution in [3.63, 3.8) is 0 Å². The average Bonchev–Trinajstić information content (AvgIpc) is 2.63. The lowest BCUT2D eigenvalue weighted by atomic mass is 10.2. The predicted molar refractivity (Wildman–Crippen MR) is 67.6 cm³/mol. The summed E-state index contributed by atoms with van der Waals surface area (Å²) in [7, 11) is -0.610. The highest BCUT2D eigenvalue weighted by Gasteiger charge is 2.30. The van der Waals surface area contributed by atoms with Crippen LogP contribution in [0, 0.1) is 5.92 Å². The molecule has 0 aliphatic heterocycles. The summed E-state index contributed by atoms with van der Waals surface area (Å²) in [5.74, 6) is 1.57. The first-order valence-corrected chi connectivity index (χ1v) is 7.64. The van der Waals surface area contributed by atoms with Crippen LogP contribution in [-0.4, -0.2) is 27.8 Å². The molecule has 3 atom stereocenters. The van der Waals surface area contributed by atoms with Crippen molar-refractivity contribution in [2.24, 2.45) is 5.92 Å². The summed E-state index contributed by atoms with van der Waals surface area (Å²) < 4.78 is 12.1. The van der Waals surface area contributed by atoms with Gasteiger partial charge in [0, 0.05) is 22.6 Å². The zero-order valence-corrected chi connectivity index (χ0v) is 11.1. The summed E-state index contributed by atoms with van der Waals surface area (Å²) in [6.07, 6.45) is 4.71. The maximum atomic E-state index is 12.1. The molecule has 1 saturated carbocycles. The summed E-state index contributed by atoms with van der Waals surface area (Å²) in [4.78, 5) is 0. The maximum Gasteiger partial charge on any atom is 0.0501 e. The molecule has 0 heterocycles. The van der Waals surface area contributed by atoms with Crippen molar-refractivity contribution in [1.82, 2.24) is 5.32 Å². The second-order valence-electron chi connectivity index (χ2n) is 4.90. The topological polar surface area (TPSA) is 29.1 Å².